The number of alkyl halides is 3. The van der Waals surface area contributed by atoms with Gasteiger partial charge in [-0.1, -0.05) is 6.92 Å². The van der Waals surface area contributed by atoms with Gasteiger partial charge in [0.25, 0.3) is 5.91 Å². The Morgan fingerprint density at radius 1 is 1.24 bits per heavy atom. The SMILES string of the molecule is CCc1cc(C(F)(F)F)n2nc(C3CCN(C(=O)C(C)Oc4ccc5c(c4)OCO5)C3)cc2n1. The standard InChI is InChI=1S/C23H23F3N4O4/c1-3-15-8-20(23(24,25)26)30-21(27-15)10-17(28-30)14-6-7-29(11-14)22(31)13(2)34-16-4-5-18-19(9-16)33-12-32-18/h4-5,8-10,13-14H,3,6-7,11-12H2,1-2H3. The summed E-state index contributed by atoms with van der Waals surface area (Å²) < 4.78 is 57.9. The summed E-state index contributed by atoms with van der Waals surface area (Å²) in [6.45, 7) is 4.37. The largest absolute Gasteiger partial charge is 0.481 e. The number of carbonyl (C=O) groups is 1. The summed E-state index contributed by atoms with van der Waals surface area (Å²) in [7, 11) is 0. The molecule has 1 saturated heterocycles. The number of carbonyl (C=O) groups excluding carboxylic acids is 1. The van der Waals surface area contributed by atoms with Crippen LogP contribution in [-0.4, -0.2) is 51.4 Å². The molecule has 180 valence electrons. The number of amides is 1. The molecule has 0 N–H and O–H groups in total. The maximum absolute atomic E-state index is 13.6. The summed E-state index contributed by atoms with van der Waals surface area (Å²) in [5.41, 5.74) is 0.151. The molecule has 1 aromatic carbocycles. The number of rotatable bonds is 5. The molecule has 0 aliphatic carbocycles. The molecule has 0 radical (unpaired) electrons. The van der Waals surface area contributed by atoms with Crippen molar-refractivity contribution in [3.8, 4) is 17.2 Å². The van der Waals surface area contributed by atoms with Crippen LogP contribution in [0.3, 0.4) is 0 Å². The van der Waals surface area contributed by atoms with E-state index in [9.17, 15) is 18.0 Å². The monoisotopic (exact) mass is 476 g/mol. The molecule has 1 fully saturated rings. The highest BCUT2D eigenvalue weighted by molar-refractivity contribution is 5.81. The van der Waals surface area contributed by atoms with Gasteiger partial charge in [-0.15, -0.1) is 0 Å². The molecule has 34 heavy (non-hydrogen) atoms. The summed E-state index contributed by atoms with van der Waals surface area (Å²) in [4.78, 5) is 18.9. The van der Waals surface area contributed by atoms with Crippen LogP contribution >= 0.6 is 0 Å². The first-order valence-corrected chi connectivity index (χ1v) is 11.0. The summed E-state index contributed by atoms with van der Waals surface area (Å²) in [5, 5.41) is 4.22. The lowest BCUT2D eigenvalue weighted by Gasteiger charge is -2.21. The molecule has 0 bridgehead atoms. The van der Waals surface area contributed by atoms with E-state index >= 15 is 0 Å². The first-order chi connectivity index (χ1) is 16.2. The van der Waals surface area contributed by atoms with Gasteiger partial charge in [0, 0.05) is 36.8 Å². The lowest BCUT2D eigenvalue weighted by molar-refractivity contribution is -0.142. The second-order valence-corrected chi connectivity index (χ2v) is 8.37. The average molecular weight is 476 g/mol. The first kappa shape index (κ1) is 22.3. The molecule has 2 unspecified atom stereocenters. The molecule has 2 atom stereocenters. The van der Waals surface area contributed by atoms with Crippen LogP contribution in [0.5, 0.6) is 17.2 Å². The molecule has 3 aromatic rings. The van der Waals surface area contributed by atoms with E-state index in [2.05, 4.69) is 10.1 Å². The molecule has 8 nitrogen and oxygen atoms in total. The van der Waals surface area contributed by atoms with Gasteiger partial charge < -0.3 is 19.1 Å². The van der Waals surface area contributed by atoms with Gasteiger partial charge in [0.2, 0.25) is 6.79 Å². The zero-order valence-corrected chi connectivity index (χ0v) is 18.6. The van der Waals surface area contributed by atoms with E-state index in [1.165, 1.54) is 0 Å². The van der Waals surface area contributed by atoms with Gasteiger partial charge in [0.05, 0.1) is 5.69 Å². The molecular weight excluding hydrogens is 453 g/mol. The third kappa shape index (κ3) is 4.10. The third-order valence-electron chi connectivity index (χ3n) is 6.07. The number of halogens is 3. The van der Waals surface area contributed by atoms with Gasteiger partial charge >= 0.3 is 6.18 Å². The van der Waals surface area contributed by atoms with Crippen LogP contribution in [0.4, 0.5) is 13.2 Å². The summed E-state index contributed by atoms with van der Waals surface area (Å²) >= 11 is 0. The highest BCUT2D eigenvalue weighted by Crippen LogP contribution is 2.36. The van der Waals surface area contributed by atoms with Gasteiger partial charge in [-0.3, -0.25) is 4.79 Å². The first-order valence-electron chi connectivity index (χ1n) is 11.0. The fourth-order valence-corrected chi connectivity index (χ4v) is 4.29. The van der Waals surface area contributed by atoms with Gasteiger partial charge in [0.1, 0.15) is 11.4 Å². The Hall–Kier alpha value is -3.50. The lowest BCUT2D eigenvalue weighted by Crippen LogP contribution is -2.39. The fourth-order valence-electron chi connectivity index (χ4n) is 4.29. The molecular formula is C23H23F3N4O4. The number of ether oxygens (including phenoxy) is 3. The van der Waals surface area contributed by atoms with Crippen molar-refractivity contribution >= 4 is 11.6 Å². The predicted octanol–water partition coefficient (Wildman–Crippen LogP) is 3.82. The van der Waals surface area contributed by atoms with E-state index in [1.54, 1.807) is 43.0 Å². The van der Waals surface area contributed by atoms with E-state index in [4.69, 9.17) is 14.2 Å². The summed E-state index contributed by atoms with van der Waals surface area (Å²) in [5.74, 6) is 1.28. The molecule has 0 spiro atoms. The molecule has 11 heteroatoms. The number of aromatic nitrogens is 3. The van der Waals surface area contributed by atoms with Crippen LogP contribution in [0.1, 0.15) is 43.3 Å². The van der Waals surface area contributed by atoms with Crippen molar-refractivity contribution in [1.82, 2.24) is 19.5 Å². The Balaban J connectivity index is 1.30. The minimum absolute atomic E-state index is 0.144. The summed E-state index contributed by atoms with van der Waals surface area (Å²) in [6, 6.07) is 7.71. The Morgan fingerprint density at radius 2 is 2.03 bits per heavy atom. The highest BCUT2D eigenvalue weighted by atomic mass is 19.4. The zero-order valence-electron chi connectivity index (χ0n) is 18.6. The molecule has 2 aromatic heterocycles. The quantitative estimate of drug-likeness (QED) is 0.557. The van der Waals surface area contributed by atoms with Crippen molar-refractivity contribution < 1.29 is 32.2 Å². The summed E-state index contributed by atoms with van der Waals surface area (Å²) in [6.07, 6.45) is -4.32. The number of benzene rings is 1. The second-order valence-electron chi connectivity index (χ2n) is 8.37. The van der Waals surface area contributed by atoms with Gasteiger partial charge in [-0.25, -0.2) is 9.50 Å². The van der Waals surface area contributed by atoms with Gasteiger partial charge in [-0.05, 0) is 38.0 Å². The van der Waals surface area contributed by atoms with Crippen molar-refractivity contribution in [2.45, 2.75) is 44.9 Å². The van der Waals surface area contributed by atoms with Crippen LogP contribution in [-0.2, 0) is 17.4 Å². The van der Waals surface area contributed by atoms with E-state index in [0.717, 1.165) is 10.6 Å². The van der Waals surface area contributed by atoms with Crippen molar-refractivity contribution in [1.29, 1.82) is 0 Å². The van der Waals surface area contributed by atoms with Crippen LogP contribution in [0.15, 0.2) is 30.3 Å². The van der Waals surface area contributed by atoms with E-state index in [-0.39, 0.29) is 24.3 Å². The number of likely N-dealkylation sites (tertiary alicyclic amines) is 1. The number of hydrogen-bond donors (Lipinski definition) is 0. The number of aryl methyl sites for hydroxylation is 1. The zero-order chi connectivity index (χ0) is 24.0. The molecule has 2 aliphatic heterocycles. The van der Waals surface area contributed by atoms with Crippen molar-refractivity contribution in [2.75, 3.05) is 19.9 Å². The molecule has 1 amide bonds. The van der Waals surface area contributed by atoms with Gasteiger partial charge in [0.15, 0.2) is 23.3 Å². The smallest absolute Gasteiger partial charge is 0.433 e. The van der Waals surface area contributed by atoms with Crippen LogP contribution in [0.2, 0.25) is 0 Å². The minimum Gasteiger partial charge on any atom is -0.481 e. The number of nitrogens with zero attached hydrogens (tertiary/aromatic N) is 4. The Labute approximate surface area is 193 Å². The fraction of sp³-hybridized carbons (Fsp3) is 0.435. The van der Waals surface area contributed by atoms with E-state index < -0.39 is 18.0 Å². The normalized spacial score (nSPS) is 18.5. The maximum Gasteiger partial charge on any atom is 0.433 e. The van der Waals surface area contributed by atoms with Gasteiger partial charge in [-0.2, -0.15) is 18.3 Å². The van der Waals surface area contributed by atoms with E-state index in [1.807, 2.05) is 0 Å². The van der Waals surface area contributed by atoms with Crippen LogP contribution < -0.4 is 14.2 Å². The van der Waals surface area contributed by atoms with Crippen molar-refractivity contribution in [2.24, 2.45) is 0 Å². The third-order valence-corrected chi connectivity index (χ3v) is 6.07. The average Bonchev–Trinajstić information content (AvgIpc) is 3.55. The lowest BCUT2D eigenvalue weighted by atomic mass is 10.1. The molecule has 4 heterocycles. The van der Waals surface area contributed by atoms with Crippen molar-refractivity contribution in [3.05, 3.63) is 47.4 Å². The highest BCUT2D eigenvalue weighted by Gasteiger charge is 2.37. The molecule has 0 saturated carbocycles. The number of hydrogen-bond acceptors (Lipinski definition) is 6. The number of fused-ring (bicyclic) bond motifs is 2. The van der Waals surface area contributed by atoms with Crippen LogP contribution in [0, 0.1) is 0 Å². The van der Waals surface area contributed by atoms with Crippen LogP contribution in [0.25, 0.3) is 5.65 Å². The van der Waals surface area contributed by atoms with E-state index in [0.29, 0.717) is 54.6 Å². The molecule has 5 rings (SSSR count). The Bertz CT molecular complexity index is 1240. The van der Waals surface area contributed by atoms with Crippen molar-refractivity contribution in [3.63, 3.8) is 0 Å². The minimum atomic E-state index is -4.55. The predicted molar refractivity (Wildman–Crippen MR) is 114 cm³/mol. The maximum atomic E-state index is 13.6. The molecule has 2 aliphatic rings. The Kier molecular flexibility index (Phi) is 5.49. The Morgan fingerprint density at radius 3 is 2.79 bits per heavy atom. The topological polar surface area (TPSA) is 78.2 Å². The second kappa shape index (κ2) is 8.37.